The van der Waals surface area contributed by atoms with Crippen LogP contribution in [0.15, 0.2) is 12.4 Å². The van der Waals surface area contributed by atoms with Gasteiger partial charge in [-0.25, -0.2) is 0 Å². The van der Waals surface area contributed by atoms with Gasteiger partial charge in [0.1, 0.15) is 0 Å². The summed E-state index contributed by atoms with van der Waals surface area (Å²) in [5, 5.41) is 4.11. The molecule has 2 rings (SSSR count). The van der Waals surface area contributed by atoms with Crippen molar-refractivity contribution in [1.29, 1.82) is 0 Å². The monoisotopic (exact) mass is 228 g/mol. The van der Waals surface area contributed by atoms with Crippen LogP contribution in [0.2, 0.25) is 0 Å². The van der Waals surface area contributed by atoms with Gasteiger partial charge < -0.3 is 4.74 Å². The van der Waals surface area contributed by atoms with Gasteiger partial charge in [0, 0.05) is 12.8 Å². The fourth-order valence-electron chi connectivity index (χ4n) is 1.68. The molecule has 1 unspecified atom stereocenters. The Balaban J connectivity index is 1.97. The third-order valence-electron chi connectivity index (χ3n) is 2.49. The van der Waals surface area contributed by atoms with Crippen LogP contribution in [-0.4, -0.2) is 34.2 Å². The van der Waals surface area contributed by atoms with E-state index in [4.69, 9.17) is 16.3 Å². The molecule has 2 heterocycles. The van der Waals surface area contributed by atoms with Gasteiger partial charge in [-0.1, -0.05) is 0 Å². The Morgan fingerprint density at radius 1 is 1.73 bits per heavy atom. The topological polar surface area (TPSA) is 44.1 Å². The van der Waals surface area contributed by atoms with Gasteiger partial charge in [-0.2, -0.15) is 5.10 Å². The highest BCUT2D eigenvalue weighted by atomic mass is 35.5. The summed E-state index contributed by atoms with van der Waals surface area (Å²) in [7, 11) is 0. The van der Waals surface area contributed by atoms with Gasteiger partial charge in [-0.15, -0.1) is 11.6 Å². The molecular formula is C10H13ClN2O2. The predicted octanol–water partition coefficient (Wildman–Crippen LogP) is 1.48. The number of aromatic nitrogens is 2. The molecule has 1 saturated heterocycles. The van der Waals surface area contributed by atoms with Crippen molar-refractivity contribution in [3.8, 4) is 0 Å². The summed E-state index contributed by atoms with van der Waals surface area (Å²) in [6.07, 6.45) is 5.70. The Kier molecular flexibility index (Phi) is 3.38. The molecule has 1 aliphatic rings. The molecule has 0 N–H and O–H groups in total. The number of Topliss-reactive ketones (excluding diaryl/α,β-unsaturated/α-hetero) is 1. The minimum atomic E-state index is -0.0877. The number of alkyl halides is 1. The largest absolute Gasteiger partial charge is 0.376 e. The van der Waals surface area contributed by atoms with Gasteiger partial charge in [0.15, 0.2) is 5.78 Å². The van der Waals surface area contributed by atoms with Gasteiger partial charge in [0.05, 0.1) is 30.3 Å². The normalized spacial score (nSPS) is 20.7. The Bertz CT molecular complexity index is 345. The Morgan fingerprint density at radius 3 is 3.27 bits per heavy atom. The number of ether oxygens (including phenoxy) is 1. The van der Waals surface area contributed by atoms with Crippen LogP contribution in [0, 0.1) is 0 Å². The predicted molar refractivity (Wildman–Crippen MR) is 56.3 cm³/mol. The summed E-state index contributed by atoms with van der Waals surface area (Å²) in [4.78, 5) is 11.2. The fourth-order valence-corrected chi connectivity index (χ4v) is 1.84. The van der Waals surface area contributed by atoms with Crippen LogP contribution in [0.25, 0.3) is 0 Å². The highest BCUT2D eigenvalue weighted by Crippen LogP contribution is 2.14. The van der Waals surface area contributed by atoms with E-state index < -0.39 is 0 Å². The molecule has 1 fully saturated rings. The van der Waals surface area contributed by atoms with Crippen molar-refractivity contribution in [2.45, 2.75) is 25.5 Å². The first-order chi connectivity index (χ1) is 7.29. The average Bonchev–Trinajstić information content (AvgIpc) is 2.88. The zero-order valence-electron chi connectivity index (χ0n) is 8.36. The average molecular weight is 229 g/mol. The SMILES string of the molecule is O=C(CCl)c1cnn(CC2CCCO2)c1. The molecule has 0 radical (unpaired) electrons. The molecule has 0 spiro atoms. The summed E-state index contributed by atoms with van der Waals surface area (Å²) < 4.78 is 7.23. The van der Waals surface area contributed by atoms with E-state index in [1.807, 2.05) is 0 Å². The number of rotatable bonds is 4. The molecule has 82 valence electrons. The maximum absolute atomic E-state index is 11.2. The lowest BCUT2D eigenvalue weighted by molar-refractivity contribution is 0.0937. The molecule has 5 heteroatoms. The zero-order chi connectivity index (χ0) is 10.7. The third kappa shape index (κ3) is 2.58. The van der Waals surface area contributed by atoms with Crippen LogP contribution >= 0.6 is 11.6 Å². The van der Waals surface area contributed by atoms with Crippen LogP contribution in [0.5, 0.6) is 0 Å². The summed E-state index contributed by atoms with van der Waals surface area (Å²) in [6, 6.07) is 0. The van der Waals surface area contributed by atoms with Crippen LogP contribution in [0.3, 0.4) is 0 Å². The van der Waals surface area contributed by atoms with Crippen molar-refractivity contribution >= 4 is 17.4 Å². The maximum Gasteiger partial charge on any atom is 0.180 e. The zero-order valence-corrected chi connectivity index (χ0v) is 9.11. The Hall–Kier alpha value is -0.870. The molecule has 1 aliphatic heterocycles. The van der Waals surface area contributed by atoms with Gasteiger partial charge >= 0.3 is 0 Å². The number of carbonyl (C=O) groups is 1. The van der Waals surface area contributed by atoms with E-state index in [1.54, 1.807) is 17.1 Å². The second-order valence-corrected chi connectivity index (χ2v) is 3.91. The minimum absolute atomic E-state index is 0.00558. The molecule has 1 aromatic heterocycles. The minimum Gasteiger partial charge on any atom is -0.376 e. The van der Waals surface area contributed by atoms with Crippen LogP contribution in [-0.2, 0) is 11.3 Å². The number of hydrogen-bond acceptors (Lipinski definition) is 3. The Morgan fingerprint density at radius 2 is 2.60 bits per heavy atom. The van der Waals surface area contributed by atoms with Crippen LogP contribution in [0.4, 0.5) is 0 Å². The van der Waals surface area contributed by atoms with Crippen molar-refractivity contribution in [3.05, 3.63) is 18.0 Å². The number of halogens is 1. The molecule has 0 amide bonds. The van der Waals surface area contributed by atoms with Crippen molar-refractivity contribution in [2.24, 2.45) is 0 Å². The van der Waals surface area contributed by atoms with Gasteiger partial charge in [-0.3, -0.25) is 9.48 Å². The number of carbonyl (C=O) groups excluding carboxylic acids is 1. The molecular weight excluding hydrogens is 216 g/mol. The van der Waals surface area contributed by atoms with E-state index in [1.165, 1.54) is 0 Å². The highest BCUT2D eigenvalue weighted by Gasteiger charge is 2.17. The van der Waals surface area contributed by atoms with Crippen molar-refractivity contribution in [3.63, 3.8) is 0 Å². The first kappa shape index (κ1) is 10.6. The van der Waals surface area contributed by atoms with Crippen molar-refractivity contribution < 1.29 is 9.53 Å². The highest BCUT2D eigenvalue weighted by molar-refractivity contribution is 6.30. The van der Waals surface area contributed by atoms with E-state index in [2.05, 4.69) is 5.10 Å². The summed E-state index contributed by atoms with van der Waals surface area (Å²) in [5.41, 5.74) is 0.572. The lowest BCUT2D eigenvalue weighted by Gasteiger charge is -2.08. The molecule has 15 heavy (non-hydrogen) atoms. The van der Waals surface area contributed by atoms with Gasteiger partial charge in [0.2, 0.25) is 0 Å². The van der Waals surface area contributed by atoms with Crippen molar-refractivity contribution in [1.82, 2.24) is 9.78 Å². The molecule has 1 aromatic rings. The quantitative estimate of drug-likeness (QED) is 0.579. The number of ketones is 1. The summed E-state index contributed by atoms with van der Waals surface area (Å²) >= 11 is 5.45. The summed E-state index contributed by atoms with van der Waals surface area (Å²) in [6.45, 7) is 1.55. The molecule has 0 aliphatic carbocycles. The smallest absolute Gasteiger partial charge is 0.180 e. The standard InChI is InChI=1S/C10H13ClN2O2/c11-4-10(14)8-5-12-13(6-8)7-9-2-1-3-15-9/h5-6,9H,1-4,7H2. The number of nitrogens with zero attached hydrogens (tertiary/aromatic N) is 2. The van der Waals surface area contributed by atoms with E-state index >= 15 is 0 Å². The fraction of sp³-hybridized carbons (Fsp3) is 0.600. The van der Waals surface area contributed by atoms with E-state index in [9.17, 15) is 4.79 Å². The van der Waals surface area contributed by atoms with Gasteiger partial charge in [0.25, 0.3) is 0 Å². The van der Waals surface area contributed by atoms with Crippen LogP contribution < -0.4 is 0 Å². The number of hydrogen-bond donors (Lipinski definition) is 0. The molecule has 0 aromatic carbocycles. The lowest BCUT2D eigenvalue weighted by Crippen LogP contribution is -2.15. The van der Waals surface area contributed by atoms with E-state index in [0.29, 0.717) is 5.56 Å². The van der Waals surface area contributed by atoms with Gasteiger partial charge in [-0.05, 0) is 12.8 Å². The third-order valence-corrected chi connectivity index (χ3v) is 2.73. The molecule has 0 bridgehead atoms. The second kappa shape index (κ2) is 4.77. The lowest BCUT2D eigenvalue weighted by atomic mass is 10.2. The molecule has 0 saturated carbocycles. The first-order valence-corrected chi connectivity index (χ1v) is 5.56. The molecule has 1 atom stereocenters. The Labute approximate surface area is 93.2 Å². The first-order valence-electron chi connectivity index (χ1n) is 5.03. The second-order valence-electron chi connectivity index (χ2n) is 3.64. The molecule has 4 nitrogen and oxygen atoms in total. The maximum atomic E-state index is 11.2. The van der Waals surface area contributed by atoms with E-state index in [0.717, 1.165) is 26.0 Å². The van der Waals surface area contributed by atoms with Crippen LogP contribution in [0.1, 0.15) is 23.2 Å². The van der Waals surface area contributed by atoms with Crippen molar-refractivity contribution in [2.75, 3.05) is 12.5 Å². The van der Waals surface area contributed by atoms with E-state index in [-0.39, 0.29) is 17.8 Å². The summed E-state index contributed by atoms with van der Waals surface area (Å²) in [5.74, 6) is -0.0821.